The largest absolute Gasteiger partial charge is 0.414 e. The molecule has 0 spiro atoms. The van der Waals surface area contributed by atoms with Crippen molar-refractivity contribution in [2.75, 3.05) is 12.0 Å². The van der Waals surface area contributed by atoms with Crippen molar-refractivity contribution in [1.82, 2.24) is 14.9 Å². The predicted octanol–water partition coefficient (Wildman–Crippen LogP) is 4.44. The zero-order valence-electron chi connectivity index (χ0n) is 16.2. The smallest absolute Gasteiger partial charge is 0.276 e. The molecule has 1 heterocycles. The van der Waals surface area contributed by atoms with Crippen molar-refractivity contribution >= 4 is 33.5 Å². The second-order valence-corrected chi connectivity index (χ2v) is 10.1. The Kier molecular flexibility index (Phi) is 7.77. The van der Waals surface area contributed by atoms with E-state index in [1.165, 1.54) is 11.8 Å². The first kappa shape index (κ1) is 21.9. The standard InChI is InChI=1S/C20H23N3O3S3/c1-15-8-10-17(11-9-15)29(24,25)23-18(12-13-27-2)19-21-22-20(26-19)28-14-16-6-4-3-5-7-16/h3-11,18,23H,12-14H2,1-2H3. The van der Waals surface area contributed by atoms with Gasteiger partial charge in [0.25, 0.3) is 5.22 Å². The van der Waals surface area contributed by atoms with E-state index in [1.54, 1.807) is 36.0 Å². The lowest BCUT2D eigenvalue weighted by Gasteiger charge is -2.15. The van der Waals surface area contributed by atoms with Gasteiger partial charge in [-0.1, -0.05) is 59.8 Å². The SMILES string of the molecule is CSCCC(NS(=O)(=O)c1ccc(C)cc1)c1nnc(SCc2ccccc2)o1. The summed E-state index contributed by atoms with van der Waals surface area (Å²) in [6.07, 6.45) is 2.53. The Hall–Kier alpha value is -1.81. The minimum atomic E-state index is -3.69. The fraction of sp³-hybridized carbons (Fsp3) is 0.300. The van der Waals surface area contributed by atoms with Crippen LogP contribution in [-0.2, 0) is 15.8 Å². The number of nitrogens with one attached hydrogen (secondary N) is 1. The number of hydrogen-bond acceptors (Lipinski definition) is 7. The van der Waals surface area contributed by atoms with Gasteiger partial charge in [0, 0.05) is 5.75 Å². The molecule has 0 aliphatic carbocycles. The Morgan fingerprint density at radius 2 is 1.79 bits per heavy atom. The second-order valence-electron chi connectivity index (χ2n) is 6.45. The van der Waals surface area contributed by atoms with Gasteiger partial charge in [-0.25, -0.2) is 8.42 Å². The number of nitrogens with zero attached hydrogens (tertiary/aromatic N) is 2. The molecular weight excluding hydrogens is 426 g/mol. The van der Waals surface area contributed by atoms with Gasteiger partial charge >= 0.3 is 0 Å². The van der Waals surface area contributed by atoms with E-state index < -0.39 is 16.1 Å². The van der Waals surface area contributed by atoms with Crippen LogP contribution in [0.15, 0.2) is 69.1 Å². The minimum absolute atomic E-state index is 0.218. The third kappa shape index (κ3) is 6.33. The molecule has 9 heteroatoms. The Bertz CT molecular complexity index is 1010. The Labute approximate surface area is 179 Å². The molecule has 0 saturated carbocycles. The number of aromatic nitrogens is 2. The molecule has 3 aromatic rings. The van der Waals surface area contributed by atoms with Crippen molar-refractivity contribution in [3.8, 4) is 0 Å². The normalized spacial score (nSPS) is 12.8. The molecule has 1 aromatic heterocycles. The van der Waals surface area contributed by atoms with Gasteiger partial charge in [-0.05, 0) is 43.0 Å². The van der Waals surface area contributed by atoms with Crippen molar-refractivity contribution < 1.29 is 12.8 Å². The van der Waals surface area contributed by atoms with Gasteiger partial charge in [0.1, 0.15) is 6.04 Å². The highest BCUT2D eigenvalue weighted by Gasteiger charge is 2.25. The number of aryl methyl sites for hydroxylation is 1. The molecule has 0 aliphatic rings. The van der Waals surface area contributed by atoms with E-state index in [1.807, 2.05) is 43.5 Å². The van der Waals surface area contributed by atoms with Gasteiger partial charge in [-0.3, -0.25) is 0 Å². The Morgan fingerprint density at radius 1 is 1.07 bits per heavy atom. The van der Waals surface area contributed by atoms with Gasteiger partial charge in [0.2, 0.25) is 15.9 Å². The first-order valence-electron chi connectivity index (χ1n) is 9.06. The van der Waals surface area contributed by atoms with E-state index in [-0.39, 0.29) is 10.8 Å². The van der Waals surface area contributed by atoms with E-state index in [9.17, 15) is 8.42 Å². The fourth-order valence-corrected chi connectivity index (χ4v) is 5.00. The molecule has 1 unspecified atom stereocenters. The number of rotatable bonds is 10. The summed E-state index contributed by atoms with van der Waals surface area (Å²) in [5.41, 5.74) is 2.15. The van der Waals surface area contributed by atoms with E-state index in [0.29, 0.717) is 17.4 Å². The van der Waals surface area contributed by atoms with E-state index in [0.717, 1.165) is 16.9 Å². The van der Waals surface area contributed by atoms with Crippen LogP contribution in [0.4, 0.5) is 0 Å². The fourth-order valence-electron chi connectivity index (χ4n) is 2.58. The van der Waals surface area contributed by atoms with Crippen LogP contribution in [-0.4, -0.2) is 30.6 Å². The summed E-state index contributed by atoms with van der Waals surface area (Å²) in [6.45, 7) is 1.91. The summed E-state index contributed by atoms with van der Waals surface area (Å²) < 4.78 is 34.1. The third-order valence-electron chi connectivity index (χ3n) is 4.16. The predicted molar refractivity (Wildman–Crippen MR) is 118 cm³/mol. The molecule has 0 amide bonds. The number of hydrogen-bond donors (Lipinski definition) is 1. The second kappa shape index (κ2) is 10.3. The molecule has 3 rings (SSSR count). The molecule has 0 bridgehead atoms. The Balaban J connectivity index is 1.73. The molecular formula is C20H23N3O3S3. The molecule has 0 saturated heterocycles. The average Bonchev–Trinajstić information content (AvgIpc) is 3.19. The zero-order valence-corrected chi connectivity index (χ0v) is 18.7. The monoisotopic (exact) mass is 449 g/mol. The average molecular weight is 450 g/mol. The highest BCUT2D eigenvalue weighted by atomic mass is 32.2. The number of thioether (sulfide) groups is 2. The molecule has 0 radical (unpaired) electrons. The molecule has 1 atom stereocenters. The third-order valence-corrected chi connectivity index (χ3v) is 7.19. The summed E-state index contributed by atoms with van der Waals surface area (Å²) in [6, 6.07) is 16.1. The molecule has 154 valence electrons. The maximum Gasteiger partial charge on any atom is 0.276 e. The number of sulfonamides is 1. The molecule has 0 aliphatic heterocycles. The molecule has 0 fully saturated rings. The van der Waals surface area contributed by atoms with Gasteiger partial charge in [0.15, 0.2) is 0 Å². The topological polar surface area (TPSA) is 85.1 Å². The van der Waals surface area contributed by atoms with Crippen molar-refractivity contribution in [2.24, 2.45) is 0 Å². The van der Waals surface area contributed by atoms with Crippen LogP contribution in [0.25, 0.3) is 0 Å². The van der Waals surface area contributed by atoms with Crippen LogP contribution in [0.1, 0.15) is 29.5 Å². The van der Waals surface area contributed by atoms with Crippen LogP contribution in [0.2, 0.25) is 0 Å². The maximum absolute atomic E-state index is 12.8. The summed E-state index contributed by atoms with van der Waals surface area (Å²) in [4.78, 5) is 0.218. The quantitative estimate of drug-likeness (QED) is 0.458. The summed E-state index contributed by atoms with van der Waals surface area (Å²) in [5.74, 6) is 1.74. The molecule has 6 nitrogen and oxygen atoms in total. The molecule has 2 aromatic carbocycles. The maximum atomic E-state index is 12.8. The van der Waals surface area contributed by atoms with Crippen LogP contribution in [0.5, 0.6) is 0 Å². The zero-order chi connectivity index (χ0) is 20.7. The summed E-state index contributed by atoms with van der Waals surface area (Å²) >= 11 is 3.06. The van der Waals surface area contributed by atoms with Crippen LogP contribution < -0.4 is 4.72 Å². The van der Waals surface area contributed by atoms with E-state index in [2.05, 4.69) is 14.9 Å². The van der Waals surface area contributed by atoms with Gasteiger partial charge in [-0.2, -0.15) is 16.5 Å². The lowest BCUT2D eigenvalue weighted by atomic mass is 10.2. The highest BCUT2D eigenvalue weighted by molar-refractivity contribution is 7.98. The highest BCUT2D eigenvalue weighted by Crippen LogP contribution is 2.26. The van der Waals surface area contributed by atoms with Crippen molar-refractivity contribution in [2.45, 2.75) is 35.3 Å². The molecule has 1 N–H and O–H groups in total. The summed E-state index contributed by atoms with van der Waals surface area (Å²) in [7, 11) is -3.69. The van der Waals surface area contributed by atoms with E-state index in [4.69, 9.17) is 4.42 Å². The van der Waals surface area contributed by atoms with Crippen molar-refractivity contribution in [3.05, 3.63) is 71.6 Å². The van der Waals surface area contributed by atoms with E-state index >= 15 is 0 Å². The van der Waals surface area contributed by atoms with Gasteiger partial charge < -0.3 is 4.42 Å². The van der Waals surface area contributed by atoms with Crippen LogP contribution in [0, 0.1) is 6.92 Å². The van der Waals surface area contributed by atoms with Crippen molar-refractivity contribution in [3.63, 3.8) is 0 Å². The molecule has 29 heavy (non-hydrogen) atoms. The lowest BCUT2D eigenvalue weighted by Crippen LogP contribution is -2.29. The summed E-state index contributed by atoms with van der Waals surface area (Å²) in [5, 5.41) is 8.60. The minimum Gasteiger partial charge on any atom is -0.414 e. The van der Waals surface area contributed by atoms with Crippen LogP contribution >= 0.6 is 23.5 Å². The number of benzene rings is 2. The Morgan fingerprint density at radius 3 is 2.48 bits per heavy atom. The first-order valence-corrected chi connectivity index (χ1v) is 12.9. The first-order chi connectivity index (χ1) is 14.0. The van der Waals surface area contributed by atoms with Gasteiger partial charge in [0.05, 0.1) is 4.90 Å². The van der Waals surface area contributed by atoms with Crippen molar-refractivity contribution in [1.29, 1.82) is 0 Å². The lowest BCUT2D eigenvalue weighted by molar-refractivity contribution is 0.371. The van der Waals surface area contributed by atoms with Gasteiger partial charge in [-0.15, -0.1) is 10.2 Å². The van der Waals surface area contributed by atoms with Crippen LogP contribution in [0.3, 0.4) is 0 Å².